The van der Waals surface area contributed by atoms with Gasteiger partial charge in [-0.1, -0.05) is 111 Å². The molecule has 1 unspecified atom stereocenters. The molecule has 0 aliphatic heterocycles. The number of nitriles is 2. The van der Waals surface area contributed by atoms with Crippen molar-refractivity contribution in [1.29, 1.82) is 10.5 Å². The monoisotopic (exact) mass is 707 g/mol. The van der Waals surface area contributed by atoms with E-state index in [9.17, 15) is 10.5 Å². The molecule has 2 aliphatic carbocycles. The second kappa shape index (κ2) is 13.0. The third kappa shape index (κ3) is 5.90. The predicted molar refractivity (Wildman–Crippen MR) is 221 cm³/mol. The number of fused-ring (bicyclic) bond motifs is 5. The molecule has 2 bridgehead atoms. The Morgan fingerprint density at radius 2 is 1.11 bits per heavy atom. The van der Waals surface area contributed by atoms with Crippen LogP contribution in [0.1, 0.15) is 55.7 Å². The van der Waals surface area contributed by atoms with Gasteiger partial charge in [-0.25, -0.2) is 15.0 Å². The summed E-state index contributed by atoms with van der Waals surface area (Å²) in [6, 6.07) is 50.4. The number of hydrogen-bond donors (Lipinski definition) is 0. The summed E-state index contributed by atoms with van der Waals surface area (Å²) in [5, 5.41) is 25.4. The van der Waals surface area contributed by atoms with E-state index in [1.54, 1.807) is 0 Å². The molecule has 2 fully saturated rings. The van der Waals surface area contributed by atoms with E-state index in [1.165, 1.54) is 48.6 Å². The number of aromatic nitrogens is 3. The van der Waals surface area contributed by atoms with Crippen LogP contribution in [0, 0.1) is 34.5 Å². The van der Waals surface area contributed by atoms with Gasteiger partial charge in [0.2, 0.25) is 0 Å². The standard InChI is InChI=1S/C50H37N5/c1-50(27-31-9-10-32(21-31)28-50)42-18-16-36(17-19-42)46-26-41(24-38-5-2-3-7-43(38)46)48-53-47(39-15-14-35-13-11-33(29-51)23-40(35)25-39)54-49(55-48)45-8-4-6-37-22-34(30-52)12-20-44(37)45/h2-8,11-20,22-26,31-32H,9-10,21,27-28H2,1H3/t31-,32+,50?. The van der Waals surface area contributed by atoms with Crippen LogP contribution < -0.4 is 0 Å². The Balaban J connectivity index is 1.14. The molecule has 262 valence electrons. The van der Waals surface area contributed by atoms with Gasteiger partial charge in [0, 0.05) is 16.7 Å². The van der Waals surface area contributed by atoms with Crippen LogP contribution in [0.2, 0.25) is 0 Å². The van der Waals surface area contributed by atoms with E-state index in [1.807, 2.05) is 72.8 Å². The highest BCUT2D eigenvalue weighted by atomic mass is 15.0. The molecular weight excluding hydrogens is 671 g/mol. The molecule has 5 nitrogen and oxygen atoms in total. The smallest absolute Gasteiger partial charge is 0.164 e. The van der Waals surface area contributed by atoms with E-state index in [2.05, 4.69) is 79.7 Å². The maximum atomic E-state index is 9.61. The number of nitrogens with zero attached hydrogens (tertiary/aromatic N) is 5. The lowest BCUT2D eigenvalue weighted by atomic mass is 9.66. The molecule has 2 aliphatic rings. The Labute approximate surface area is 320 Å². The van der Waals surface area contributed by atoms with Gasteiger partial charge in [0.25, 0.3) is 0 Å². The first-order valence-electron chi connectivity index (χ1n) is 19.2. The van der Waals surface area contributed by atoms with Crippen molar-refractivity contribution in [3.8, 4) is 57.4 Å². The van der Waals surface area contributed by atoms with Crippen LogP contribution in [0.5, 0.6) is 0 Å². The fraction of sp³-hybridized carbons (Fsp3) is 0.180. The normalized spacial score (nSPS) is 19.0. The molecule has 0 amide bonds. The van der Waals surface area contributed by atoms with Crippen molar-refractivity contribution in [3.05, 3.63) is 150 Å². The second-order valence-corrected chi connectivity index (χ2v) is 15.9. The van der Waals surface area contributed by atoms with Gasteiger partial charge in [0.1, 0.15) is 0 Å². The minimum Gasteiger partial charge on any atom is -0.208 e. The van der Waals surface area contributed by atoms with Crippen molar-refractivity contribution < 1.29 is 0 Å². The molecular formula is C50H37N5. The molecule has 0 radical (unpaired) electrons. The first-order chi connectivity index (χ1) is 26.9. The van der Waals surface area contributed by atoms with Gasteiger partial charge in [-0.05, 0) is 128 Å². The second-order valence-electron chi connectivity index (χ2n) is 15.9. The topological polar surface area (TPSA) is 86.2 Å². The van der Waals surface area contributed by atoms with Crippen LogP contribution in [0.25, 0.3) is 77.6 Å². The van der Waals surface area contributed by atoms with Gasteiger partial charge in [0.15, 0.2) is 17.5 Å². The quantitative estimate of drug-likeness (QED) is 0.178. The molecule has 8 aromatic rings. The number of rotatable bonds is 5. The molecule has 55 heavy (non-hydrogen) atoms. The maximum absolute atomic E-state index is 9.61. The summed E-state index contributed by atoms with van der Waals surface area (Å²) in [6.07, 6.45) is 6.78. The minimum atomic E-state index is 0.237. The average Bonchev–Trinajstić information content (AvgIpc) is 3.59. The van der Waals surface area contributed by atoms with Crippen molar-refractivity contribution in [2.45, 2.75) is 44.4 Å². The summed E-state index contributed by atoms with van der Waals surface area (Å²) in [4.78, 5) is 15.5. The molecule has 3 atom stereocenters. The zero-order valence-corrected chi connectivity index (χ0v) is 30.6. The van der Waals surface area contributed by atoms with Crippen molar-refractivity contribution in [1.82, 2.24) is 15.0 Å². The van der Waals surface area contributed by atoms with E-state index in [0.717, 1.165) is 61.0 Å². The van der Waals surface area contributed by atoms with Gasteiger partial charge in [-0.2, -0.15) is 10.5 Å². The Morgan fingerprint density at radius 1 is 0.509 bits per heavy atom. The molecule has 7 aromatic carbocycles. The third-order valence-corrected chi connectivity index (χ3v) is 12.3. The highest BCUT2D eigenvalue weighted by molar-refractivity contribution is 6.00. The summed E-state index contributed by atoms with van der Waals surface area (Å²) in [5.41, 5.74) is 7.80. The Bertz CT molecular complexity index is 2900. The fourth-order valence-electron chi connectivity index (χ4n) is 9.63. The van der Waals surface area contributed by atoms with E-state index in [0.29, 0.717) is 28.6 Å². The summed E-state index contributed by atoms with van der Waals surface area (Å²) < 4.78 is 0. The zero-order valence-electron chi connectivity index (χ0n) is 30.6. The third-order valence-electron chi connectivity index (χ3n) is 12.3. The van der Waals surface area contributed by atoms with Crippen LogP contribution >= 0.6 is 0 Å². The van der Waals surface area contributed by atoms with Crippen molar-refractivity contribution in [3.63, 3.8) is 0 Å². The van der Waals surface area contributed by atoms with Crippen LogP contribution in [0.3, 0.4) is 0 Å². The Kier molecular flexibility index (Phi) is 7.79. The minimum absolute atomic E-state index is 0.237. The van der Waals surface area contributed by atoms with Crippen molar-refractivity contribution in [2.75, 3.05) is 0 Å². The largest absolute Gasteiger partial charge is 0.208 e. The van der Waals surface area contributed by atoms with Crippen molar-refractivity contribution >= 4 is 32.3 Å². The molecule has 5 heteroatoms. The Morgan fingerprint density at radius 3 is 1.89 bits per heavy atom. The lowest BCUT2D eigenvalue weighted by molar-refractivity contribution is 0.232. The fourth-order valence-corrected chi connectivity index (χ4v) is 9.63. The van der Waals surface area contributed by atoms with Gasteiger partial charge in [0.05, 0.1) is 23.3 Å². The van der Waals surface area contributed by atoms with Crippen LogP contribution in [-0.2, 0) is 5.41 Å². The average molecular weight is 708 g/mol. The molecule has 10 rings (SSSR count). The SMILES string of the molecule is CC1(c2ccc(-c3cc(-c4nc(-c5ccc6ccc(C#N)cc6c5)nc(-c5cccc6cc(C#N)ccc56)n4)cc4ccccc34)cc2)C[C@@H]2CC[C@@H](C2)C1. The molecule has 0 saturated heterocycles. The number of hydrogen-bond acceptors (Lipinski definition) is 5. The highest BCUT2D eigenvalue weighted by Crippen LogP contribution is 2.52. The van der Waals surface area contributed by atoms with Gasteiger partial charge < -0.3 is 0 Å². The lowest BCUT2D eigenvalue weighted by Crippen LogP contribution is -2.30. The number of benzene rings is 7. The molecule has 1 heterocycles. The van der Waals surface area contributed by atoms with E-state index >= 15 is 0 Å². The van der Waals surface area contributed by atoms with Crippen LogP contribution in [0.4, 0.5) is 0 Å². The molecule has 0 spiro atoms. The Hall–Kier alpha value is -6.69. The first kappa shape index (κ1) is 32.9. The summed E-state index contributed by atoms with van der Waals surface area (Å²) in [7, 11) is 0. The summed E-state index contributed by atoms with van der Waals surface area (Å²) >= 11 is 0. The van der Waals surface area contributed by atoms with Crippen LogP contribution in [-0.4, -0.2) is 15.0 Å². The van der Waals surface area contributed by atoms with Crippen LogP contribution in [0.15, 0.2) is 133 Å². The summed E-state index contributed by atoms with van der Waals surface area (Å²) in [6.45, 7) is 2.48. The lowest BCUT2D eigenvalue weighted by Gasteiger charge is -2.38. The van der Waals surface area contributed by atoms with Gasteiger partial charge in [-0.3, -0.25) is 0 Å². The van der Waals surface area contributed by atoms with E-state index < -0.39 is 0 Å². The van der Waals surface area contributed by atoms with Crippen molar-refractivity contribution in [2.24, 2.45) is 11.8 Å². The van der Waals surface area contributed by atoms with Gasteiger partial charge >= 0.3 is 0 Å². The van der Waals surface area contributed by atoms with E-state index in [-0.39, 0.29) is 5.41 Å². The highest BCUT2D eigenvalue weighted by Gasteiger charge is 2.41. The molecule has 0 N–H and O–H groups in total. The van der Waals surface area contributed by atoms with Gasteiger partial charge in [-0.15, -0.1) is 0 Å². The first-order valence-corrected chi connectivity index (χ1v) is 19.2. The maximum Gasteiger partial charge on any atom is 0.164 e. The van der Waals surface area contributed by atoms with E-state index in [4.69, 9.17) is 15.0 Å². The predicted octanol–water partition coefficient (Wildman–Crippen LogP) is 12.2. The zero-order chi connectivity index (χ0) is 37.1. The summed E-state index contributed by atoms with van der Waals surface area (Å²) in [5.74, 6) is 3.41. The molecule has 1 aromatic heterocycles. The molecule has 2 saturated carbocycles.